The van der Waals surface area contributed by atoms with Crippen molar-refractivity contribution in [3.8, 4) is 0 Å². The molecule has 4 nitrogen and oxygen atoms in total. The number of aliphatic carboxylic acids is 1. The summed E-state index contributed by atoms with van der Waals surface area (Å²) in [6.07, 6.45) is 2.17. The number of hydrogen-bond donors (Lipinski definition) is 2. The van der Waals surface area contributed by atoms with Gasteiger partial charge in [0.1, 0.15) is 6.61 Å². The first-order valence-corrected chi connectivity index (χ1v) is 6.75. The highest BCUT2D eigenvalue weighted by Crippen LogP contribution is 2.34. The molecule has 1 aliphatic carbocycles. The minimum Gasteiger partial charge on any atom is -0.480 e. The summed E-state index contributed by atoms with van der Waals surface area (Å²) in [5.41, 5.74) is 9.92. The van der Waals surface area contributed by atoms with Gasteiger partial charge in [-0.15, -0.1) is 0 Å². The Balaban J connectivity index is 1.91. The summed E-state index contributed by atoms with van der Waals surface area (Å²) in [7, 11) is 0. The van der Waals surface area contributed by atoms with E-state index in [1.54, 1.807) is 0 Å². The van der Waals surface area contributed by atoms with E-state index in [1.807, 2.05) is 6.07 Å². The largest absolute Gasteiger partial charge is 0.480 e. The monoisotopic (exact) mass is 271 g/mol. The predicted molar refractivity (Wildman–Crippen MR) is 76.7 cm³/mol. The van der Waals surface area contributed by atoms with Crippen molar-refractivity contribution in [1.29, 1.82) is 0 Å². The molecule has 1 unspecified atom stereocenters. The summed E-state index contributed by atoms with van der Waals surface area (Å²) in [6.45, 7) is -0.0973. The minimum atomic E-state index is -0.974. The van der Waals surface area contributed by atoms with Crippen molar-refractivity contribution in [2.24, 2.45) is 5.73 Å². The molecule has 0 bridgehead atoms. The van der Waals surface area contributed by atoms with Crippen LogP contribution in [0.3, 0.4) is 0 Å². The number of aryl methyl sites for hydroxylation is 2. The van der Waals surface area contributed by atoms with Crippen molar-refractivity contribution in [3.63, 3.8) is 0 Å². The Morgan fingerprint density at radius 2 is 2.00 bits per heavy atom. The third kappa shape index (κ3) is 2.28. The average Bonchev–Trinajstić information content (AvgIpc) is 2.84. The van der Waals surface area contributed by atoms with Crippen molar-refractivity contribution in [1.82, 2.24) is 0 Å². The Bertz CT molecular complexity index is 656. The lowest BCUT2D eigenvalue weighted by molar-refractivity contribution is -0.142. The predicted octanol–water partition coefficient (Wildman–Crippen LogP) is 2.04. The zero-order chi connectivity index (χ0) is 14.1. The van der Waals surface area contributed by atoms with Crippen molar-refractivity contribution >= 4 is 16.7 Å². The number of nitrogens with two attached hydrogens (primary N) is 1. The first kappa shape index (κ1) is 13.1. The van der Waals surface area contributed by atoms with Gasteiger partial charge in [0.15, 0.2) is 0 Å². The van der Waals surface area contributed by atoms with Crippen molar-refractivity contribution in [3.05, 3.63) is 47.0 Å². The molecule has 0 amide bonds. The normalized spacial score (nSPS) is 14.7. The maximum absolute atomic E-state index is 10.5. The molecule has 0 aromatic heterocycles. The lowest BCUT2D eigenvalue weighted by atomic mass is 9.96. The number of benzene rings is 2. The summed E-state index contributed by atoms with van der Waals surface area (Å²) < 4.78 is 5.11. The quantitative estimate of drug-likeness (QED) is 0.873. The van der Waals surface area contributed by atoms with Gasteiger partial charge < -0.3 is 15.6 Å². The number of hydrogen-bond acceptors (Lipinski definition) is 3. The smallest absolute Gasteiger partial charge is 0.329 e. The fraction of sp³-hybridized carbons (Fsp3) is 0.312. The summed E-state index contributed by atoms with van der Waals surface area (Å²) >= 11 is 0. The Hall–Kier alpha value is -1.91. The summed E-state index contributed by atoms with van der Waals surface area (Å²) in [5, 5.41) is 11.1. The second-order valence-electron chi connectivity index (χ2n) is 5.17. The molecule has 0 spiro atoms. The molecule has 0 radical (unpaired) electrons. The number of rotatable bonds is 5. The van der Waals surface area contributed by atoms with Gasteiger partial charge in [-0.05, 0) is 40.3 Å². The molecule has 20 heavy (non-hydrogen) atoms. The second-order valence-corrected chi connectivity index (χ2v) is 5.17. The van der Waals surface area contributed by atoms with E-state index in [0.29, 0.717) is 0 Å². The minimum absolute atomic E-state index is 0.213. The van der Waals surface area contributed by atoms with Gasteiger partial charge in [0.25, 0.3) is 0 Å². The molecule has 0 heterocycles. The molecule has 0 fully saturated rings. The Labute approximate surface area is 117 Å². The van der Waals surface area contributed by atoms with Gasteiger partial charge in [-0.3, -0.25) is 0 Å². The number of ether oxygens (including phenoxy) is 1. The molecule has 0 aliphatic heterocycles. The van der Waals surface area contributed by atoms with Crippen LogP contribution in [0.2, 0.25) is 0 Å². The molecule has 4 heteroatoms. The molecule has 0 saturated carbocycles. The summed E-state index contributed by atoms with van der Waals surface area (Å²) in [6, 6.07) is 10.2. The second kappa shape index (κ2) is 5.23. The maximum atomic E-state index is 10.5. The van der Waals surface area contributed by atoms with Crippen molar-refractivity contribution in [2.75, 3.05) is 13.2 Å². The highest BCUT2D eigenvalue weighted by Gasteiger charge is 2.18. The molecule has 3 N–H and O–H groups in total. The lowest BCUT2D eigenvalue weighted by Crippen LogP contribution is -2.20. The maximum Gasteiger partial charge on any atom is 0.329 e. The highest BCUT2D eigenvalue weighted by atomic mass is 16.5. The Morgan fingerprint density at radius 3 is 2.75 bits per heavy atom. The van der Waals surface area contributed by atoms with Crippen LogP contribution in [0.25, 0.3) is 10.8 Å². The Morgan fingerprint density at radius 1 is 1.25 bits per heavy atom. The van der Waals surface area contributed by atoms with Crippen LogP contribution in [0.4, 0.5) is 0 Å². The molecule has 3 rings (SSSR count). The standard InChI is InChI=1S/C16H17NO3/c17-14(8-20-9-15(18)19)12-7-6-11-5-4-10-2-1-3-13(12)16(10)11/h1-3,6-7,14H,4-5,8-9,17H2,(H,18,19). The molecule has 0 saturated heterocycles. The zero-order valence-electron chi connectivity index (χ0n) is 11.1. The van der Waals surface area contributed by atoms with E-state index < -0.39 is 5.97 Å². The van der Waals surface area contributed by atoms with Crippen LogP contribution < -0.4 is 5.73 Å². The molecular weight excluding hydrogens is 254 g/mol. The molecule has 1 atom stereocenters. The molecule has 1 aliphatic rings. The van der Waals surface area contributed by atoms with E-state index in [1.165, 1.54) is 21.9 Å². The number of carboxylic acid groups (broad SMARTS) is 1. The molecule has 2 aromatic carbocycles. The van der Waals surface area contributed by atoms with Gasteiger partial charge in [-0.25, -0.2) is 4.79 Å². The molecular formula is C16H17NO3. The lowest BCUT2D eigenvalue weighted by Gasteiger charge is -2.15. The van der Waals surface area contributed by atoms with Gasteiger partial charge >= 0.3 is 5.97 Å². The number of carboxylic acids is 1. The van der Waals surface area contributed by atoms with Gasteiger partial charge in [0.2, 0.25) is 0 Å². The summed E-state index contributed by atoms with van der Waals surface area (Å²) in [5.74, 6) is -0.974. The van der Waals surface area contributed by atoms with E-state index in [4.69, 9.17) is 15.6 Å². The van der Waals surface area contributed by atoms with Crippen LogP contribution in [0.1, 0.15) is 22.7 Å². The van der Waals surface area contributed by atoms with Crippen molar-refractivity contribution in [2.45, 2.75) is 18.9 Å². The highest BCUT2D eigenvalue weighted by molar-refractivity contribution is 5.93. The van der Waals surface area contributed by atoms with Gasteiger partial charge in [-0.1, -0.05) is 30.3 Å². The summed E-state index contributed by atoms with van der Waals surface area (Å²) in [4.78, 5) is 10.5. The van der Waals surface area contributed by atoms with Crippen LogP contribution in [-0.4, -0.2) is 24.3 Å². The molecule has 2 aromatic rings. The van der Waals surface area contributed by atoms with Gasteiger partial charge in [0, 0.05) is 0 Å². The fourth-order valence-corrected chi connectivity index (χ4v) is 2.96. The van der Waals surface area contributed by atoms with Crippen molar-refractivity contribution < 1.29 is 14.6 Å². The van der Waals surface area contributed by atoms with E-state index in [0.717, 1.165) is 18.4 Å². The van der Waals surface area contributed by atoms with Crippen LogP contribution in [0, 0.1) is 0 Å². The third-order valence-corrected chi connectivity index (χ3v) is 3.83. The Kier molecular flexibility index (Phi) is 3.42. The van der Waals surface area contributed by atoms with Crippen LogP contribution in [-0.2, 0) is 22.4 Å². The van der Waals surface area contributed by atoms with E-state index >= 15 is 0 Å². The van der Waals surface area contributed by atoms with Gasteiger partial charge in [-0.2, -0.15) is 0 Å². The first-order valence-electron chi connectivity index (χ1n) is 6.75. The zero-order valence-corrected chi connectivity index (χ0v) is 11.1. The first-order chi connectivity index (χ1) is 9.66. The SMILES string of the molecule is NC(COCC(=O)O)c1ccc2c3c(cccc13)CC2. The van der Waals surface area contributed by atoms with E-state index in [-0.39, 0.29) is 19.3 Å². The van der Waals surface area contributed by atoms with Crippen LogP contribution in [0.5, 0.6) is 0 Å². The topological polar surface area (TPSA) is 72.5 Å². The fourth-order valence-electron chi connectivity index (χ4n) is 2.96. The molecule has 104 valence electrons. The van der Waals surface area contributed by atoms with Crippen LogP contribution in [0.15, 0.2) is 30.3 Å². The van der Waals surface area contributed by atoms with Crippen LogP contribution >= 0.6 is 0 Å². The third-order valence-electron chi connectivity index (χ3n) is 3.83. The van der Waals surface area contributed by atoms with Gasteiger partial charge in [0.05, 0.1) is 12.6 Å². The van der Waals surface area contributed by atoms with E-state index in [9.17, 15) is 4.79 Å². The average molecular weight is 271 g/mol. The van der Waals surface area contributed by atoms with E-state index in [2.05, 4.69) is 24.3 Å². The number of carbonyl (C=O) groups is 1.